The van der Waals surface area contributed by atoms with Crippen LogP contribution < -0.4 is 4.18 Å². The molecule has 9 heavy (non-hydrogen) atoms. The summed E-state index contributed by atoms with van der Waals surface area (Å²) in [7, 11) is 0. The Morgan fingerprint density at radius 3 is 2.44 bits per heavy atom. The molecule has 1 aromatic carbocycles. The van der Waals surface area contributed by atoms with Crippen LogP contribution in [0.4, 0.5) is 0 Å². The lowest BCUT2D eigenvalue weighted by Crippen LogP contribution is -1.75. The number of rotatable bonds is 2. The Hall–Kier alpha value is -0.670. The summed E-state index contributed by atoms with van der Waals surface area (Å²) in [6, 6.07) is 9.10. The van der Waals surface area contributed by atoms with Gasteiger partial charge >= 0.3 is 0 Å². The van der Waals surface area contributed by atoms with Gasteiger partial charge < -0.3 is 4.18 Å². The van der Waals surface area contributed by atoms with E-state index in [2.05, 4.69) is 4.18 Å². The molecule has 0 amide bonds. The van der Waals surface area contributed by atoms with Gasteiger partial charge in [-0.1, -0.05) is 18.2 Å². The van der Waals surface area contributed by atoms with Gasteiger partial charge in [-0.15, -0.1) is 0 Å². The molecule has 0 aromatic heterocycles. The molecule has 0 spiro atoms. The second-order valence-corrected chi connectivity index (χ2v) is 1.79. The van der Waals surface area contributed by atoms with E-state index in [0.717, 1.165) is 0 Å². The Labute approximate surface area is 57.9 Å². The highest BCUT2D eigenvalue weighted by Crippen LogP contribution is 2.12. The topological polar surface area (TPSA) is 29.5 Å². The highest BCUT2D eigenvalue weighted by atomic mass is 32.2. The molecular weight excluding hydrogens is 136 g/mol. The molecule has 1 N–H and O–H groups in total. The molecule has 2 nitrogen and oxygen atoms in total. The van der Waals surface area contributed by atoms with Crippen molar-refractivity contribution in [3.8, 4) is 5.75 Å². The predicted octanol–water partition coefficient (Wildman–Crippen LogP) is 2.19. The van der Waals surface area contributed by atoms with Crippen molar-refractivity contribution in [2.75, 3.05) is 0 Å². The summed E-state index contributed by atoms with van der Waals surface area (Å²) in [6.07, 6.45) is 0. The Kier molecular flexibility index (Phi) is 2.42. The van der Waals surface area contributed by atoms with Gasteiger partial charge in [0.2, 0.25) is 12.3 Å². The zero-order valence-electron chi connectivity index (χ0n) is 4.65. The molecule has 0 saturated carbocycles. The van der Waals surface area contributed by atoms with E-state index >= 15 is 0 Å². The molecule has 1 rings (SSSR count). The van der Waals surface area contributed by atoms with E-state index in [1.54, 1.807) is 12.1 Å². The second kappa shape index (κ2) is 3.37. The van der Waals surface area contributed by atoms with Gasteiger partial charge in [-0.3, -0.25) is 4.55 Å². The van der Waals surface area contributed by atoms with Crippen LogP contribution in [0.5, 0.6) is 5.75 Å². The fourth-order valence-corrected chi connectivity index (χ4v) is 0.716. The summed E-state index contributed by atoms with van der Waals surface area (Å²) in [5, 5.41) is 0. The molecule has 0 bridgehead atoms. The monoisotopic (exact) mass is 142 g/mol. The Morgan fingerprint density at radius 2 is 1.89 bits per heavy atom. The van der Waals surface area contributed by atoms with Crippen LogP contribution in [0.15, 0.2) is 30.3 Å². The summed E-state index contributed by atoms with van der Waals surface area (Å²) >= 11 is 0.355. The van der Waals surface area contributed by atoms with Gasteiger partial charge in [0.1, 0.15) is 5.75 Å². The van der Waals surface area contributed by atoms with E-state index in [-0.39, 0.29) is 0 Å². The molecule has 48 valence electrons. The Balaban J connectivity index is 2.61. The highest BCUT2D eigenvalue weighted by molar-refractivity contribution is 7.89. The normalized spacial score (nSPS) is 9.00. The number of hydrogen-bond acceptors (Lipinski definition) is 3. The van der Waals surface area contributed by atoms with Crippen molar-refractivity contribution in [3.05, 3.63) is 30.3 Å². The Bertz CT molecular complexity index is 164. The molecule has 0 atom stereocenters. The van der Waals surface area contributed by atoms with E-state index in [0.29, 0.717) is 18.1 Å². The third-order valence-electron chi connectivity index (χ3n) is 0.877. The Morgan fingerprint density at radius 1 is 1.22 bits per heavy atom. The minimum absolute atomic E-state index is 0.355. The summed E-state index contributed by atoms with van der Waals surface area (Å²) < 4.78 is 12.9. The summed E-state index contributed by atoms with van der Waals surface area (Å²) in [5.74, 6) is 0.657. The minimum Gasteiger partial charge on any atom is -0.401 e. The number of hydrogen-bond donors (Lipinski definition) is 1. The van der Waals surface area contributed by atoms with Gasteiger partial charge in [-0.2, -0.15) is 0 Å². The third-order valence-corrected chi connectivity index (χ3v) is 1.14. The molecule has 0 unspecified atom stereocenters. The third kappa shape index (κ3) is 1.95. The highest BCUT2D eigenvalue weighted by Gasteiger charge is 1.86. The van der Waals surface area contributed by atoms with Crippen molar-refractivity contribution in [1.29, 1.82) is 0 Å². The lowest BCUT2D eigenvalue weighted by molar-refractivity contribution is 0.541. The van der Waals surface area contributed by atoms with Crippen LogP contribution >= 0.6 is 12.3 Å². The van der Waals surface area contributed by atoms with Crippen LogP contribution in [0.3, 0.4) is 0 Å². The maximum absolute atomic E-state index is 8.21. The van der Waals surface area contributed by atoms with E-state index in [1.165, 1.54) is 0 Å². The maximum Gasteiger partial charge on any atom is 0.222 e. The average molecular weight is 142 g/mol. The van der Waals surface area contributed by atoms with Crippen molar-refractivity contribution in [2.24, 2.45) is 0 Å². The van der Waals surface area contributed by atoms with Crippen molar-refractivity contribution < 1.29 is 8.74 Å². The van der Waals surface area contributed by atoms with Gasteiger partial charge in [0.25, 0.3) is 0 Å². The van der Waals surface area contributed by atoms with Crippen LogP contribution in [-0.2, 0) is 0 Å². The predicted molar refractivity (Wildman–Crippen MR) is 37.3 cm³/mol. The van der Waals surface area contributed by atoms with Gasteiger partial charge in [0.15, 0.2) is 0 Å². The molecule has 0 fully saturated rings. The lowest BCUT2D eigenvalue weighted by atomic mass is 10.3. The van der Waals surface area contributed by atoms with E-state index in [4.69, 9.17) is 4.55 Å². The lowest BCUT2D eigenvalue weighted by Gasteiger charge is -1.94. The first-order valence-electron chi connectivity index (χ1n) is 2.46. The number of para-hydroxylation sites is 1. The SMILES string of the molecule is OSOc1ccccc1. The molecule has 0 aliphatic carbocycles. The first kappa shape index (κ1) is 6.45. The van der Waals surface area contributed by atoms with E-state index in [9.17, 15) is 0 Å². The standard InChI is InChI=1S/C6H6O2S/c7-9-8-6-4-2-1-3-5-6/h1-5,7H. The van der Waals surface area contributed by atoms with E-state index < -0.39 is 0 Å². The van der Waals surface area contributed by atoms with Gasteiger partial charge in [0, 0.05) is 0 Å². The van der Waals surface area contributed by atoms with E-state index in [1.807, 2.05) is 18.2 Å². The van der Waals surface area contributed by atoms with Crippen molar-refractivity contribution in [2.45, 2.75) is 0 Å². The molecule has 0 aliphatic rings. The van der Waals surface area contributed by atoms with Gasteiger partial charge in [-0.25, -0.2) is 0 Å². The average Bonchev–Trinajstić information content (AvgIpc) is 1.91. The molecule has 0 heterocycles. The summed E-state index contributed by atoms with van der Waals surface area (Å²) in [6.45, 7) is 0. The van der Waals surface area contributed by atoms with Crippen molar-refractivity contribution in [3.63, 3.8) is 0 Å². The molecular formula is C6H6O2S. The van der Waals surface area contributed by atoms with Crippen LogP contribution in [0, 0.1) is 0 Å². The quantitative estimate of drug-likeness (QED) is 0.642. The van der Waals surface area contributed by atoms with Crippen LogP contribution in [0.2, 0.25) is 0 Å². The first-order chi connectivity index (χ1) is 4.43. The van der Waals surface area contributed by atoms with Crippen molar-refractivity contribution in [1.82, 2.24) is 0 Å². The van der Waals surface area contributed by atoms with Crippen LogP contribution in [0.1, 0.15) is 0 Å². The molecule has 0 radical (unpaired) electrons. The zero-order chi connectivity index (χ0) is 6.53. The molecule has 3 heteroatoms. The van der Waals surface area contributed by atoms with Crippen LogP contribution in [0.25, 0.3) is 0 Å². The smallest absolute Gasteiger partial charge is 0.222 e. The number of benzene rings is 1. The summed E-state index contributed by atoms with van der Waals surface area (Å²) in [4.78, 5) is 0. The second-order valence-electron chi connectivity index (χ2n) is 1.47. The maximum atomic E-state index is 8.21. The van der Waals surface area contributed by atoms with Crippen LogP contribution in [-0.4, -0.2) is 4.55 Å². The fraction of sp³-hybridized carbons (Fsp3) is 0. The summed E-state index contributed by atoms with van der Waals surface area (Å²) in [5.41, 5.74) is 0. The molecule has 0 saturated heterocycles. The van der Waals surface area contributed by atoms with Crippen molar-refractivity contribution >= 4 is 12.3 Å². The first-order valence-corrected chi connectivity index (χ1v) is 3.16. The molecule has 0 aliphatic heterocycles. The largest absolute Gasteiger partial charge is 0.401 e. The molecule has 1 aromatic rings. The van der Waals surface area contributed by atoms with Gasteiger partial charge in [0.05, 0.1) is 0 Å². The van der Waals surface area contributed by atoms with Gasteiger partial charge in [-0.05, 0) is 12.1 Å². The minimum atomic E-state index is 0.355. The zero-order valence-corrected chi connectivity index (χ0v) is 5.47. The fourth-order valence-electron chi connectivity index (χ4n) is 0.519.